The Morgan fingerprint density at radius 3 is 1.31 bits per heavy atom. The van der Waals surface area contributed by atoms with Crippen molar-refractivity contribution in [3.8, 4) is 56.0 Å². The summed E-state index contributed by atoms with van der Waals surface area (Å²) in [5.41, 5.74) is 9.20. The van der Waals surface area contributed by atoms with E-state index in [4.69, 9.17) is 4.42 Å². The second-order valence-corrected chi connectivity index (χ2v) is 9.71. The van der Waals surface area contributed by atoms with Crippen LogP contribution in [0.4, 0.5) is 0 Å². The third-order valence-electron chi connectivity index (χ3n) is 7.33. The predicted octanol–water partition coefficient (Wildman–Crippen LogP) is 10.8. The minimum Gasteiger partial charge on any atom is -0.455 e. The maximum absolute atomic E-state index is 6.91. The number of rotatable bonds is 5. The number of furan rings is 1. The van der Waals surface area contributed by atoms with Crippen LogP contribution in [-0.2, 0) is 0 Å². The first-order valence-corrected chi connectivity index (χ1v) is 13.3. The van der Waals surface area contributed by atoms with Crippen LogP contribution in [-0.4, -0.2) is 0 Å². The summed E-state index contributed by atoms with van der Waals surface area (Å²) < 4.78 is 6.91. The van der Waals surface area contributed by atoms with Crippen LogP contribution in [0.1, 0.15) is 0 Å². The Morgan fingerprint density at radius 2 is 0.718 bits per heavy atom. The zero-order valence-electron chi connectivity index (χ0n) is 21.4. The number of hydrogen-bond donors (Lipinski definition) is 0. The van der Waals surface area contributed by atoms with Gasteiger partial charge in [0, 0.05) is 21.9 Å². The second kappa shape index (κ2) is 9.96. The molecule has 0 bridgehead atoms. The summed E-state index contributed by atoms with van der Waals surface area (Å²) in [6.07, 6.45) is 0. The molecule has 7 aromatic rings. The fourth-order valence-electron chi connectivity index (χ4n) is 5.45. The zero-order valence-corrected chi connectivity index (χ0v) is 21.4. The third kappa shape index (κ3) is 4.24. The van der Waals surface area contributed by atoms with E-state index in [1.807, 2.05) is 0 Å². The van der Waals surface area contributed by atoms with E-state index < -0.39 is 0 Å². The highest BCUT2D eigenvalue weighted by Gasteiger charge is 2.21. The summed E-state index contributed by atoms with van der Waals surface area (Å²) >= 11 is 0. The molecule has 39 heavy (non-hydrogen) atoms. The molecule has 184 valence electrons. The van der Waals surface area contributed by atoms with Crippen LogP contribution in [0, 0.1) is 0 Å². The van der Waals surface area contributed by atoms with E-state index in [0.717, 1.165) is 50.1 Å². The van der Waals surface area contributed by atoms with Gasteiger partial charge in [-0.1, -0.05) is 146 Å². The summed E-state index contributed by atoms with van der Waals surface area (Å²) in [6, 6.07) is 55.4. The largest absolute Gasteiger partial charge is 0.455 e. The Labute approximate surface area is 228 Å². The molecule has 7 rings (SSSR count). The fraction of sp³-hybridized carbons (Fsp3) is 0. The molecule has 0 aliphatic rings. The maximum Gasteiger partial charge on any atom is 0.143 e. The van der Waals surface area contributed by atoms with E-state index >= 15 is 0 Å². The minimum atomic E-state index is 0.891. The Balaban J connectivity index is 1.47. The van der Waals surface area contributed by atoms with Crippen molar-refractivity contribution in [1.82, 2.24) is 0 Å². The molecular weight excluding hydrogens is 472 g/mol. The predicted molar refractivity (Wildman–Crippen MR) is 163 cm³/mol. The van der Waals surface area contributed by atoms with E-state index in [9.17, 15) is 0 Å². The summed E-state index contributed by atoms with van der Waals surface area (Å²) in [7, 11) is 0. The second-order valence-electron chi connectivity index (χ2n) is 9.71. The SMILES string of the molecule is c1ccc(-c2ccc(-c3oc(-c4ccccc4-c4ccccc4)c4ccccc34)c(-c3ccccc3)c2)cc1. The molecule has 0 atom stereocenters. The van der Waals surface area contributed by atoms with Crippen LogP contribution in [0.5, 0.6) is 0 Å². The van der Waals surface area contributed by atoms with Crippen molar-refractivity contribution in [2.75, 3.05) is 0 Å². The molecule has 1 heterocycles. The van der Waals surface area contributed by atoms with E-state index in [0.29, 0.717) is 0 Å². The number of benzene rings is 6. The van der Waals surface area contributed by atoms with Gasteiger partial charge in [0.15, 0.2) is 0 Å². The molecule has 0 aliphatic carbocycles. The van der Waals surface area contributed by atoms with E-state index in [2.05, 4.69) is 158 Å². The van der Waals surface area contributed by atoms with Crippen LogP contribution in [0.25, 0.3) is 66.8 Å². The average Bonchev–Trinajstić information content (AvgIpc) is 3.41. The molecule has 0 spiro atoms. The van der Waals surface area contributed by atoms with Gasteiger partial charge in [-0.25, -0.2) is 0 Å². The smallest absolute Gasteiger partial charge is 0.143 e. The lowest BCUT2D eigenvalue weighted by Gasteiger charge is -2.12. The molecule has 0 saturated carbocycles. The lowest BCUT2D eigenvalue weighted by molar-refractivity contribution is 0.602. The highest BCUT2D eigenvalue weighted by molar-refractivity contribution is 6.06. The van der Waals surface area contributed by atoms with E-state index in [1.54, 1.807) is 0 Å². The highest BCUT2D eigenvalue weighted by Crippen LogP contribution is 2.45. The van der Waals surface area contributed by atoms with Gasteiger partial charge in [-0.2, -0.15) is 0 Å². The van der Waals surface area contributed by atoms with Gasteiger partial charge in [0.05, 0.1) is 0 Å². The van der Waals surface area contributed by atoms with Crippen molar-refractivity contribution in [2.45, 2.75) is 0 Å². The van der Waals surface area contributed by atoms with Gasteiger partial charge in [0.2, 0.25) is 0 Å². The number of fused-ring (bicyclic) bond motifs is 1. The number of hydrogen-bond acceptors (Lipinski definition) is 1. The van der Waals surface area contributed by atoms with Gasteiger partial charge < -0.3 is 4.42 Å². The van der Waals surface area contributed by atoms with Crippen molar-refractivity contribution in [1.29, 1.82) is 0 Å². The first kappa shape index (κ1) is 23.0. The van der Waals surface area contributed by atoms with Crippen LogP contribution in [0.3, 0.4) is 0 Å². The Hall–Kier alpha value is -5.14. The quantitative estimate of drug-likeness (QED) is 0.230. The van der Waals surface area contributed by atoms with Gasteiger partial charge in [-0.3, -0.25) is 0 Å². The van der Waals surface area contributed by atoms with E-state index in [-0.39, 0.29) is 0 Å². The van der Waals surface area contributed by atoms with Crippen molar-refractivity contribution in [3.05, 3.63) is 158 Å². The summed E-state index contributed by atoms with van der Waals surface area (Å²) in [4.78, 5) is 0. The van der Waals surface area contributed by atoms with Gasteiger partial charge in [-0.15, -0.1) is 0 Å². The molecule has 0 N–H and O–H groups in total. The summed E-state index contributed by atoms with van der Waals surface area (Å²) in [6.45, 7) is 0. The van der Waals surface area contributed by atoms with Gasteiger partial charge in [-0.05, 0) is 45.5 Å². The first-order valence-electron chi connectivity index (χ1n) is 13.3. The Kier molecular flexibility index (Phi) is 5.88. The Morgan fingerprint density at radius 1 is 0.282 bits per heavy atom. The Bertz CT molecular complexity index is 1880. The van der Waals surface area contributed by atoms with Crippen molar-refractivity contribution < 1.29 is 4.42 Å². The maximum atomic E-state index is 6.91. The lowest BCUT2D eigenvalue weighted by Crippen LogP contribution is -1.87. The van der Waals surface area contributed by atoms with Crippen molar-refractivity contribution >= 4 is 10.8 Å². The normalized spacial score (nSPS) is 11.1. The van der Waals surface area contributed by atoms with Crippen molar-refractivity contribution in [2.24, 2.45) is 0 Å². The summed E-state index contributed by atoms with van der Waals surface area (Å²) in [5, 5.41) is 2.22. The van der Waals surface area contributed by atoms with Crippen LogP contribution in [0.15, 0.2) is 162 Å². The van der Waals surface area contributed by atoms with E-state index in [1.165, 1.54) is 16.7 Å². The molecule has 0 unspecified atom stereocenters. The lowest BCUT2D eigenvalue weighted by atomic mass is 9.92. The van der Waals surface area contributed by atoms with Crippen LogP contribution >= 0.6 is 0 Å². The highest BCUT2D eigenvalue weighted by atomic mass is 16.3. The molecule has 0 aliphatic heterocycles. The minimum absolute atomic E-state index is 0.891. The molecule has 0 fully saturated rings. The topological polar surface area (TPSA) is 13.1 Å². The monoisotopic (exact) mass is 498 g/mol. The molecule has 6 aromatic carbocycles. The molecular formula is C38H26O. The zero-order chi connectivity index (χ0) is 26.0. The van der Waals surface area contributed by atoms with Crippen molar-refractivity contribution in [3.63, 3.8) is 0 Å². The van der Waals surface area contributed by atoms with Crippen LogP contribution in [0.2, 0.25) is 0 Å². The standard InChI is InChI=1S/C38H26O/c1-4-14-27(15-5-1)30-24-25-35(36(26-30)29-18-8-3-9-19-29)38-34-23-13-12-22-33(34)37(39-38)32-21-11-10-20-31(32)28-16-6-2-7-17-28/h1-26H. The van der Waals surface area contributed by atoms with Crippen LogP contribution < -0.4 is 0 Å². The molecule has 1 heteroatoms. The molecule has 0 amide bonds. The first-order chi connectivity index (χ1) is 19.4. The molecule has 1 nitrogen and oxygen atoms in total. The third-order valence-corrected chi connectivity index (χ3v) is 7.33. The summed E-state index contributed by atoms with van der Waals surface area (Å²) in [5.74, 6) is 1.79. The molecule has 0 radical (unpaired) electrons. The fourth-order valence-corrected chi connectivity index (χ4v) is 5.45. The van der Waals surface area contributed by atoms with Gasteiger partial charge in [0.1, 0.15) is 11.5 Å². The molecule has 1 aromatic heterocycles. The van der Waals surface area contributed by atoms with Gasteiger partial charge >= 0.3 is 0 Å². The molecule has 0 saturated heterocycles. The van der Waals surface area contributed by atoms with Gasteiger partial charge in [0.25, 0.3) is 0 Å². The average molecular weight is 499 g/mol.